The molecule has 2 aliphatic rings. The molecule has 2 saturated carbocycles. The molecule has 80 valence electrons. The standard InChI is InChI=1S/C13H22O/c14-11-13(9-5-2-6-10-13)12-7-3-1-4-8-12/h12,14H,1-10H2. The normalized spacial score (nSPS) is 28.9. The van der Waals surface area contributed by atoms with Gasteiger partial charge in [0.05, 0.1) is 0 Å². The van der Waals surface area contributed by atoms with E-state index in [4.69, 9.17) is 0 Å². The Labute approximate surface area is 87.9 Å². The van der Waals surface area contributed by atoms with Gasteiger partial charge < -0.3 is 5.11 Å². The van der Waals surface area contributed by atoms with Crippen LogP contribution in [0.15, 0.2) is 0 Å². The Morgan fingerprint density at radius 3 is 2.00 bits per heavy atom. The van der Waals surface area contributed by atoms with Gasteiger partial charge in [0.25, 0.3) is 0 Å². The zero-order chi connectivity index (χ0) is 9.86. The van der Waals surface area contributed by atoms with E-state index in [9.17, 15) is 5.11 Å². The van der Waals surface area contributed by atoms with Gasteiger partial charge in [0.15, 0.2) is 0 Å². The number of aliphatic hydroxyl groups excluding tert-OH is 1. The van der Waals surface area contributed by atoms with Crippen LogP contribution in [0.25, 0.3) is 0 Å². The fourth-order valence-electron chi connectivity index (χ4n) is 3.45. The van der Waals surface area contributed by atoms with E-state index >= 15 is 0 Å². The van der Waals surface area contributed by atoms with Gasteiger partial charge in [0, 0.05) is 5.41 Å². The van der Waals surface area contributed by atoms with E-state index < -0.39 is 0 Å². The van der Waals surface area contributed by atoms with Crippen LogP contribution in [0.5, 0.6) is 0 Å². The molecule has 1 heteroatoms. The smallest absolute Gasteiger partial charge is 0.135 e. The van der Waals surface area contributed by atoms with Gasteiger partial charge in [-0.1, -0.05) is 38.5 Å². The summed E-state index contributed by atoms with van der Waals surface area (Å²) >= 11 is 0. The summed E-state index contributed by atoms with van der Waals surface area (Å²) in [5.41, 5.74) is 0.0959. The van der Waals surface area contributed by atoms with E-state index in [-0.39, 0.29) is 5.41 Å². The molecule has 0 bridgehead atoms. The molecule has 2 rings (SSSR count). The molecule has 0 aliphatic heterocycles. The minimum atomic E-state index is 0.0959. The molecule has 0 spiro atoms. The van der Waals surface area contributed by atoms with Crippen molar-refractivity contribution in [1.29, 1.82) is 0 Å². The third-order valence-corrected chi connectivity index (χ3v) is 4.36. The van der Waals surface area contributed by atoms with Gasteiger partial charge in [0.1, 0.15) is 6.61 Å². The molecule has 0 unspecified atom stereocenters. The maximum Gasteiger partial charge on any atom is 0.135 e. The largest absolute Gasteiger partial charge is 0.383 e. The van der Waals surface area contributed by atoms with Crippen molar-refractivity contribution in [1.82, 2.24) is 0 Å². The number of rotatable bonds is 2. The summed E-state index contributed by atoms with van der Waals surface area (Å²) in [4.78, 5) is 0. The molecule has 14 heavy (non-hydrogen) atoms. The van der Waals surface area contributed by atoms with Gasteiger partial charge in [-0.15, -0.1) is 0 Å². The first-order chi connectivity index (χ1) is 6.87. The van der Waals surface area contributed by atoms with Gasteiger partial charge in [-0.05, 0) is 31.6 Å². The first kappa shape index (κ1) is 10.5. The van der Waals surface area contributed by atoms with Gasteiger partial charge in [0.2, 0.25) is 0 Å². The Balaban J connectivity index is 2.01. The topological polar surface area (TPSA) is 20.2 Å². The summed E-state index contributed by atoms with van der Waals surface area (Å²) in [6, 6.07) is 0. The third-order valence-electron chi connectivity index (χ3n) is 4.36. The Morgan fingerprint density at radius 1 is 0.857 bits per heavy atom. The predicted molar refractivity (Wildman–Crippen MR) is 57.3 cm³/mol. The maximum absolute atomic E-state index is 9.44. The minimum absolute atomic E-state index is 0.0959. The Hall–Kier alpha value is -0.0400. The highest BCUT2D eigenvalue weighted by atomic mass is 16.3. The molecule has 0 heterocycles. The van der Waals surface area contributed by atoms with Crippen molar-refractivity contribution in [2.75, 3.05) is 0 Å². The lowest BCUT2D eigenvalue weighted by atomic mass is 9.62. The molecule has 0 amide bonds. The van der Waals surface area contributed by atoms with E-state index in [0.29, 0.717) is 0 Å². The SMILES string of the molecule is O[C]C1(C2CCCCC2)CCCCC1. The highest BCUT2D eigenvalue weighted by Gasteiger charge is 2.40. The van der Waals surface area contributed by atoms with Crippen LogP contribution in [0.2, 0.25) is 0 Å². The first-order valence-corrected chi connectivity index (χ1v) is 6.29. The summed E-state index contributed by atoms with van der Waals surface area (Å²) < 4.78 is 0. The molecular formula is C13H22O. The third kappa shape index (κ3) is 1.98. The molecule has 0 atom stereocenters. The van der Waals surface area contributed by atoms with Gasteiger partial charge in [-0.2, -0.15) is 0 Å². The summed E-state index contributed by atoms with van der Waals surface area (Å²) in [5.74, 6) is 0.738. The first-order valence-electron chi connectivity index (χ1n) is 6.29. The van der Waals surface area contributed by atoms with E-state index in [0.717, 1.165) is 5.92 Å². The minimum Gasteiger partial charge on any atom is -0.383 e. The van der Waals surface area contributed by atoms with Crippen LogP contribution >= 0.6 is 0 Å². The molecule has 2 radical (unpaired) electrons. The second-order valence-electron chi connectivity index (χ2n) is 5.16. The second-order valence-corrected chi connectivity index (χ2v) is 5.16. The van der Waals surface area contributed by atoms with Crippen LogP contribution in [-0.4, -0.2) is 5.11 Å². The van der Waals surface area contributed by atoms with Crippen LogP contribution in [0.1, 0.15) is 64.2 Å². The lowest BCUT2D eigenvalue weighted by molar-refractivity contribution is 0.0514. The van der Waals surface area contributed by atoms with Crippen molar-refractivity contribution in [2.24, 2.45) is 11.3 Å². The molecule has 0 saturated heterocycles. The number of hydrogen-bond acceptors (Lipinski definition) is 1. The van der Waals surface area contributed by atoms with Crippen molar-refractivity contribution >= 4 is 0 Å². The summed E-state index contributed by atoms with van der Waals surface area (Å²) in [7, 11) is 0. The van der Waals surface area contributed by atoms with Gasteiger partial charge in [-0.25, -0.2) is 0 Å². The van der Waals surface area contributed by atoms with Gasteiger partial charge in [-0.3, -0.25) is 0 Å². The Kier molecular flexibility index (Phi) is 3.48. The van der Waals surface area contributed by atoms with Crippen LogP contribution in [0.3, 0.4) is 0 Å². The average molecular weight is 194 g/mol. The molecule has 0 aromatic rings. The fourth-order valence-corrected chi connectivity index (χ4v) is 3.45. The van der Waals surface area contributed by atoms with E-state index in [1.807, 2.05) is 0 Å². The zero-order valence-corrected chi connectivity index (χ0v) is 9.10. The van der Waals surface area contributed by atoms with Crippen LogP contribution in [0.4, 0.5) is 0 Å². The maximum atomic E-state index is 9.44. The highest BCUT2D eigenvalue weighted by molar-refractivity contribution is 4.95. The van der Waals surface area contributed by atoms with Crippen LogP contribution in [0, 0.1) is 17.9 Å². The van der Waals surface area contributed by atoms with E-state index in [2.05, 4.69) is 6.61 Å². The second kappa shape index (κ2) is 4.65. The molecule has 0 aromatic carbocycles. The highest BCUT2D eigenvalue weighted by Crippen LogP contribution is 2.49. The van der Waals surface area contributed by atoms with Crippen LogP contribution < -0.4 is 0 Å². The monoisotopic (exact) mass is 194 g/mol. The molecule has 2 aliphatic carbocycles. The van der Waals surface area contributed by atoms with Crippen molar-refractivity contribution in [3.8, 4) is 0 Å². The summed E-state index contributed by atoms with van der Waals surface area (Å²) in [6.07, 6.45) is 13.1. The lowest BCUT2D eigenvalue weighted by Crippen LogP contribution is -2.34. The van der Waals surface area contributed by atoms with E-state index in [1.165, 1.54) is 64.2 Å². The lowest BCUT2D eigenvalue weighted by Gasteiger charge is -2.43. The Morgan fingerprint density at radius 2 is 1.43 bits per heavy atom. The van der Waals surface area contributed by atoms with Crippen molar-refractivity contribution < 1.29 is 5.11 Å². The average Bonchev–Trinajstić information content (AvgIpc) is 2.31. The Bertz CT molecular complexity index is 164. The van der Waals surface area contributed by atoms with E-state index in [1.54, 1.807) is 0 Å². The molecule has 0 aromatic heterocycles. The molecule has 2 fully saturated rings. The predicted octanol–water partition coefficient (Wildman–Crippen LogP) is 3.93. The van der Waals surface area contributed by atoms with Crippen molar-refractivity contribution in [3.05, 3.63) is 6.61 Å². The fraction of sp³-hybridized carbons (Fsp3) is 0.923. The number of hydrogen-bond donors (Lipinski definition) is 1. The van der Waals surface area contributed by atoms with Crippen LogP contribution in [-0.2, 0) is 0 Å². The van der Waals surface area contributed by atoms with Gasteiger partial charge >= 0.3 is 0 Å². The molecule has 1 N–H and O–H groups in total. The quantitative estimate of drug-likeness (QED) is 0.706. The molecule has 1 nitrogen and oxygen atoms in total. The van der Waals surface area contributed by atoms with Crippen molar-refractivity contribution in [2.45, 2.75) is 64.2 Å². The van der Waals surface area contributed by atoms with Crippen molar-refractivity contribution in [3.63, 3.8) is 0 Å². The molecular weight excluding hydrogens is 172 g/mol. The summed E-state index contributed by atoms with van der Waals surface area (Å²) in [6.45, 7) is 2.69. The number of aliphatic hydroxyl groups is 1. The summed E-state index contributed by atoms with van der Waals surface area (Å²) in [5, 5.41) is 9.44. The zero-order valence-electron chi connectivity index (χ0n) is 9.10.